The van der Waals surface area contributed by atoms with Crippen molar-refractivity contribution in [2.45, 2.75) is 6.92 Å². The summed E-state index contributed by atoms with van der Waals surface area (Å²) in [4.78, 5) is 11.4. The number of carbonyl (C=O) groups is 1. The van der Waals surface area contributed by atoms with E-state index in [1.807, 2.05) is 0 Å². The molecule has 1 aromatic carbocycles. The Morgan fingerprint density at radius 1 is 1.29 bits per heavy atom. The smallest absolute Gasteiger partial charge is 0.337 e. The van der Waals surface area contributed by atoms with Crippen molar-refractivity contribution in [1.29, 1.82) is 0 Å². The second-order valence-electron chi connectivity index (χ2n) is 3.78. The molecule has 6 heteroatoms. The molecule has 0 radical (unpaired) electrons. The zero-order valence-corrected chi connectivity index (χ0v) is 11.0. The molecule has 5 nitrogen and oxygen atoms in total. The van der Waals surface area contributed by atoms with Crippen molar-refractivity contribution < 1.29 is 17.9 Å². The molecule has 0 atom stereocenters. The maximum atomic E-state index is 11.4. The Morgan fingerprint density at radius 3 is 2.35 bits per heavy atom. The first-order chi connectivity index (χ1) is 7.75. The molecular formula is C11H15NO4S. The van der Waals surface area contributed by atoms with Crippen LogP contribution in [0.3, 0.4) is 0 Å². The first-order valence-electron chi connectivity index (χ1n) is 4.89. The molecule has 17 heavy (non-hydrogen) atoms. The first kappa shape index (κ1) is 13.5. The van der Waals surface area contributed by atoms with Gasteiger partial charge in [-0.05, 0) is 30.7 Å². The van der Waals surface area contributed by atoms with Gasteiger partial charge in [-0.1, -0.05) is 0 Å². The molecule has 0 aliphatic carbocycles. The van der Waals surface area contributed by atoms with Gasteiger partial charge in [-0.3, -0.25) is 4.31 Å². The summed E-state index contributed by atoms with van der Waals surface area (Å²) in [5.74, 6) is -0.489. The number of methoxy groups -OCH3 is 1. The third-order valence-electron chi connectivity index (χ3n) is 2.34. The molecule has 1 aromatic rings. The number of ether oxygens (including phenoxy) is 1. The lowest BCUT2D eigenvalue weighted by Gasteiger charge is -2.17. The van der Waals surface area contributed by atoms with Gasteiger partial charge in [0.05, 0.1) is 24.6 Å². The van der Waals surface area contributed by atoms with E-state index in [4.69, 9.17) is 0 Å². The molecule has 0 saturated heterocycles. The number of hydrogen-bond acceptors (Lipinski definition) is 4. The van der Waals surface area contributed by atoms with Crippen LogP contribution in [0.15, 0.2) is 18.2 Å². The van der Waals surface area contributed by atoms with Crippen LogP contribution < -0.4 is 4.31 Å². The minimum Gasteiger partial charge on any atom is -0.465 e. The monoisotopic (exact) mass is 257 g/mol. The summed E-state index contributed by atoms with van der Waals surface area (Å²) in [5, 5.41) is 0. The van der Waals surface area contributed by atoms with Crippen LogP contribution in [0.2, 0.25) is 0 Å². The van der Waals surface area contributed by atoms with Crippen LogP contribution in [0.25, 0.3) is 0 Å². The summed E-state index contributed by atoms with van der Waals surface area (Å²) in [6.07, 6.45) is 1.10. The SMILES string of the molecule is COC(=O)c1cc(C)cc(N(C)S(C)(=O)=O)c1. The average molecular weight is 257 g/mol. The number of rotatable bonds is 3. The molecule has 0 aromatic heterocycles. The van der Waals surface area contributed by atoms with Crippen LogP contribution >= 0.6 is 0 Å². The standard InChI is InChI=1S/C11H15NO4S/c1-8-5-9(11(13)16-3)7-10(6-8)12(2)17(4,14)15/h5-7H,1-4H3. The maximum absolute atomic E-state index is 11.4. The van der Waals surface area contributed by atoms with Gasteiger partial charge in [0, 0.05) is 7.05 Å². The first-order valence-corrected chi connectivity index (χ1v) is 6.74. The van der Waals surface area contributed by atoms with Crippen molar-refractivity contribution in [3.8, 4) is 0 Å². The van der Waals surface area contributed by atoms with Crippen LogP contribution in [-0.4, -0.2) is 34.8 Å². The summed E-state index contributed by atoms with van der Waals surface area (Å²) in [7, 11) is -0.623. The Morgan fingerprint density at radius 2 is 1.88 bits per heavy atom. The van der Waals surface area contributed by atoms with Gasteiger partial charge in [-0.15, -0.1) is 0 Å². The fourth-order valence-corrected chi connectivity index (χ4v) is 1.86. The van der Waals surface area contributed by atoms with Crippen molar-refractivity contribution in [1.82, 2.24) is 0 Å². The highest BCUT2D eigenvalue weighted by molar-refractivity contribution is 7.92. The van der Waals surface area contributed by atoms with E-state index in [1.165, 1.54) is 20.2 Å². The van der Waals surface area contributed by atoms with E-state index in [0.717, 1.165) is 16.1 Å². The van der Waals surface area contributed by atoms with E-state index in [1.54, 1.807) is 19.1 Å². The minimum atomic E-state index is -3.34. The van der Waals surface area contributed by atoms with Gasteiger partial charge < -0.3 is 4.74 Å². The van der Waals surface area contributed by atoms with E-state index in [2.05, 4.69) is 4.74 Å². The molecule has 0 fully saturated rings. The molecule has 0 saturated carbocycles. The Labute approximate surface area is 101 Å². The topological polar surface area (TPSA) is 63.7 Å². The van der Waals surface area contributed by atoms with Crippen molar-refractivity contribution >= 4 is 21.7 Å². The fourth-order valence-electron chi connectivity index (χ4n) is 1.37. The molecule has 0 aliphatic rings. The third kappa shape index (κ3) is 3.20. The zero-order valence-electron chi connectivity index (χ0n) is 10.2. The van der Waals surface area contributed by atoms with E-state index in [9.17, 15) is 13.2 Å². The largest absolute Gasteiger partial charge is 0.465 e. The summed E-state index contributed by atoms with van der Waals surface area (Å²) < 4.78 is 28.5. The highest BCUT2D eigenvalue weighted by Crippen LogP contribution is 2.20. The fraction of sp³-hybridized carbons (Fsp3) is 0.364. The molecule has 0 N–H and O–H groups in total. The second-order valence-corrected chi connectivity index (χ2v) is 5.79. The Hall–Kier alpha value is -1.56. The van der Waals surface area contributed by atoms with Gasteiger partial charge in [-0.2, -0.15) is 0 Å². The molecule has 1 rings (SSSR count). The summed E-state index contributed by atoms with van der Waals surface area (Å²) in [6, 6.07) is 4.82. The molecule has 0 amide bonds. The number of benzene rings is 1. The van der Waals surface area contributed by atoms with Crippen LogP contribution in [0.4, 0.5) is 5.69 Å². The Bertz CT molecular complexity index is 536. The molecule has 94 valence electrons. The Kier molecular flexibility index (Phi) is 3.77. The molecule has 0 aliphatic heterocycles. The molecule has 0 unspecified atom stereocenters. The van der Waals surface area contributed by atoms with Crippen LogP contribution in [0, 0.1) is 6.92 Å². The lowest BCUT2D eigenvalue weighted by atomic mass is 10.1. The lowest BCUT2D eigenvalue weighted by molar-refractivity contribution is 0.0600. The predicted octanol–water partition coefficient (Wildman–Crippen LogP) is 1.18. The molecule has 0 spiro atoms. The molecular weight excluding hydrogens is 242 g/mol. The quantitative estimate of drug-likeness (QED) is 0.763. The zero-order chi connectivity index (χ0) is 13.2. The van der Waals surface area contributed by atoms with Crippen molar-refractivity contribution in [3.05, 3.63) is 29.3 Å². The average Bonchev–Trinajstić information content (AvgIpc) is 2.24. The number of esters is 1. The van der Waals surface area contributed by atoms with Gasteiger partial charge >= 0.3 is 5.97 Å². The van der Waals surface area contributed by atoms with E-state index in [-0.39, 0.29) is 0 Å². The van der Waals surface area contributed by atoms with Crippen molar-refractivity contribution in [3.63, 3.8) is 0 Å². The van der Waals surface area contributed by atoms with Gasteiger partial charge in [0.15, 0.2) is 0 Å². The van der Waals surface area contributed by atoms with Gasteiger partial charge in [0.1, 0.15) is 0 Å². The van der Waals surface area contributed by atoms with Crippen molar-refractivity contribution in [2.24, 2.45) is 0 Å². The van der Waals surface area contributed by atoms with Gasteiger partial charge in [0.2, 0.25) is 10.0 Å². The molecule has 0 bridgehead atoms. The molecule has 0 heterocycles. The number of anilines is 1. The highest BCUT2D eigenvalue weighted by atomic mass is 32.2. The van der Waals surface area contributed by atoms with E-state index in [0.29, 0.717) is 11.3 Å². The third-order valence-corrected chi connectivity index (χ3v) is 3.55. The minimum absolute atomic E-state index is 0.331. The number of sulfonamides is 1. The van der Waals surface area contributed by atoms with E-state index < -0.39 is 16.0 Å². The highest BCUT2D eigenvalue weighted by Gasteiger charge is 2.15. The number of nitrogens with zero attached hydrogens (tertiary/aromatic N) is 1. The van der Waals surface area contributed by atoms with Crippen molar-refractivity contribution in [2.75, 3.05) is 24.7 Å². The van der Waals surface area contributed by atoms with Crippen LogP contribution in [-0.2, 0) is 14.8 Å². The maximum Gasteiger partial charge on any atom is 0.337 e. The van der Waals surface area contributed by atoms with Crippen LogP contribution in [0.5, 0.6) is 0 Å². The number of hydrogen-bond donors (Lipinski definition) is 0. The number of carbonyl (C=O) groups excluding carboxylic acids is 1. The summed E-state index contributed by atoms with van der Waals surface area (Å²) in [6.45, 7) is 1.78. The number of aryl methyl sites for hydroxylation is 1. The summed E-state index contributed by atoms with van der Waals surface area (Å²) in [5.41, 5.74) is 1.56. The second kappa shape index (κ2) is 4.75. The normalized spacial score (nSPS) is 11.1. The predicted molar refractivity (Wildman–Crippen MR) is 65.8 cm³/mol. The lowest BCUT2D eigenvalue weighted by Crippen LogP contribution is -2.25. The van der Waals surface area contributed by atoms with E-state index >= 15 is 0 Å². The van der Waals surface area contributed by atoms with Crippen LogP contribution in [0.1, 0.15) is 15.9 Å². The van der Waals surface area contributed by atoms with Gasteiger partial charge in [-0.25, -0.2) is 13.2 Å². The van der Waals surface area contributed by atoms with Gasteiger partial charge in [0.25, 0.3) is 0 Å². The Balaban J connectivity index is 3.28. The summed E-state index contributed by atoms with van der Waals surface area (Å²) >= 11 is 0.